The molecule has 0 N–H and O–H groups in total. The SMILES string of the molecule is [CH2]CCN1CCCC(C)C1. The summed E-state index contributed by atoms with van der Waals surface area (Å²) in [6.07, 6.45) is 3.88. The van der Waals surface area contributed by atoms with Gasteiger partial charge >= 0.3 is 0 Å². The first kappa shape index (κ1) is 8.06. The lowest BCUT2D eigenvalue weighted by atomic mass is 10.0. The monoisotopic (exact) mass is 140 g/mol. The average molecular weight is 140 g/mol. The predicted octanol–water partition coefficient (Wildman–Crippen LogP) is 1.94. The first-order chi connectivity index (χ1) is 4.83. The average Bonchev–Trinajstić information content (AvgIpc) is 1.88. The van der Waals surface area contributed by atoms with Gasteiger partial charge in [-0.15, -0.1) is 0 Å². The molecule has 1 saturated heterocycles. The van der Waals surface area contributed by atoms with Crippen molar-refractivity contribution < 1.29 is 0 Å². The zero-order valence-electron chi connectivity index (χ0n) is 6.97. The van der Waals surface area contributed by atoms with Gasteiger partial charge in [0.05, 0.1) is 0 Å². The summed E-state index contributed by atoms with van der Waals surface area (Å²) >= 11 is 0. The van der Waals surface area contributed by atoms with Gasteiger partial charge < -0.3 is 4.90 Å². The van der Waals surface area contributed by atoms with E-state index in [9.17, 15) is 0 Å². The van der Waals surface area contributed by atoms with Crippen molar-refractivity contribution in [2.24, 2.45) is 5.92 Å². The van der Waals surface area contributed by atoms with Crippen molar-refractivity contribution in [2.45, 2.75) is 26.2 Å². The van der Waals surface area contributed by atoms with E-state index in [0.717, 1.165) is 12.3 Å². The lowest BCUT2D eigenvalue weighted by Crippen LogP contribution is -2.34. The maximum atomic E-state index is 3.86. The third kappa shape index (κ3) is 2.30. The number of nitrogens with zero attached hydrogens (tertiary/aromatic N) is 1. The summed E-state index contributed by atoms with van der Waals surface area (Å²) in [7, 11) is 0. The zero-order chi connectivity index (χ0) is 7.40. The van der Waals surface area contributed by atoms with Crippen LogP contribution in [-0.4, -0.2) is 24.5 Å². The van der Waals surface area contributed by atoms with Crippen LogP contribution in [-0.2, 0) is 0 Å². The molecule has 0 aromatic rings. The van der Waals surface area contributed by atoms with Crippen LogP contribution in [0.5, 0.6) is 0 Å². The largest absolute Gasteiger partial charge is 0.303 e. The minimum Gasteiger partial charge on any atom is -0.303 e. The topological polar surface area (TPSA) is 3.24 Å². The van der Waals surface area contributed by atoms with Crippen LogP contribution in [0.1, 0.15) is 26.2 Å². The molecule has 0 bridgehead atoms. The molecule has 10 heavy (non-hydrogen) atoms. The Morgan fingerprint density at radius 3 is 3.00 bits per heavy atom. The molecule has 1 rings (SSSR count). The molecule has 1 atom stereocenters. The molecule has 1 heteroatoms. The molecule has 1 aliphatic rings. The Morgan fingerprint density at radius 2 is 2.40 bits per heavy atom. The van der Waals surface area contributed by atoms with E-state index >= 15 is 0 Å². The van der Waals surface area contributed by atoms with Gasteiger partial charge in [0.2, 0.25) is 0 Å². The Kier molecular flexibility index (Phi) is 3.20. The van der Waals surface area contributed by atoms with Gasteiger partial charge in [-0.2, -0.15) is 0 Å². The van der Waals surface area contributed by atoms with Gasteiger partial charge in [-0.1, -0.05) is 13.8 Å². The van der Waals surface area contributed by atoms with Crippen LogP contribution in [0.25, 0.3) is 0 Å². The van der Waals surface area contributed by atoms with Crippen LogP contribution in [0.4, 0.5) is 0 Å². The molecular weight excluding hydrogens is 122 g/mol. The lowest BCUT2D eigenvalue weighted by molar-refractivity contribution is 0.187. The second-order valence-corrected chi connectivity index (χ2v) is 3.40. The second-order valence-electron chi connectivity index (χ2n) is 3.40. The molecule has 0 saturated carbocycles. The smallest absolute Gasteiger partial charge is 0.000703 e. The molecule has 1 nitrogen and oxygen atoms in total. The fourth-order valence-electron chi connectivity index (χ4n) is 1.71. The maximum Gasteiger partial charge on any atom is 0.000703 e. The molecular formula is C9H18N. The van der Waals surface area contributed by atoms with Gasteiger partial charge in [-0.05, 0) is 38.3 Å². The highest BCUT2D eigenvalue weighted by Crippen LogP contribution is 2.14. The van der Waals surface area contributed by atoms with Gasteiger partial charge in [-0.3, -0.25) is 0 Å². The second kappa shape index (κ2) is 3.97. The number of hydrogen-bond donors (Lipinski definition) is 0. The van der Waals surface area contributed by atoms with Crippen molar-refractivity contribution in [1.82, 2.24) is 4.90 Å². The summed E-state index contributed by atoms with van der Waals surface area (Å²) in [4.78, 5) is 2.53. The van der Waals surface area contributed by atoms with Gasteiger partial charge in [0.25, 0.3) is 0 Å². The Bertz CT molecular complexity index is 88.7. The van der Waals surface area contributed by atoms with Crippen LogP contribution in [0.15, 0.2) is 0 Å². The molecule has 0 aromatic heterocycles. The standard InChI is InChI=1S/C9H18N/c1-3-6-10-7-4-5-9(2)8-10/h9H,1,3-8H2,2H3. The first-order valence-electron chi connectivity index (χ1n) is 4.34. The molecule has 0 amide bonds. The Labute approximate surface area is 64.4 Å². The van der Waals surface area contributed by atoms with E-state index in [4.69, 9.17) is 0 Å². The van der Waals surface area contributed by atoms with Crippen molar-refractivity contribution in [3.63, 3.8) is 0 Å². The number of rotatable bonds is 2. The Hall–Kier alpha value is -0.0400. The van der Waals surface area contributed by atoms with Crippen molar-refractivity contribution >= 4 is 0 Å². The van der Waals surface area contributed by atoms with Gasteiger partial charge in [0, 0.05) is 6.54 Å². The van der Waals surface area contributed by atoms with Crippen LogP contribution in [0.3, 0.4) is 0 Å². The lowest BCUT2D eigenvalue weighted by Gasteiger charge is -2.30. The maximum absolute atomic E-state index is 3.86. The molecule has 0 aromatic carbocycles. The quantitative estimate of drug-likeness (QED) is 0.566. The van der Waals surface area contributed by atoms with E-state index in [0.29, 0.717) is 0 Å². The zero-order valence-corrected chi connectivity index (χ0v) is 6.97. The van der Waals surface area contributed by atoms with E-state index in [2.05, 4.69) is 18.7 Å². The third-order valence-electron chi connectivity index (χ3n) is 2.22. The summed E-state index contributed by atoms with van der Waals surface area (Å²) in [5, 5.41) is 0. The highest BCUT2D eigenvalue weighted by molar-refractivity contribution is 4.69. The van der Waals surface area contributed by atoms with Crippen molar-refractivity contribution in [1.29, 1.82) is 0 Å². The van der Waals surface area contributed by atoms with E-state index in [1.54, 1.807) is 0 Å². The Morgan fingerprint density at radius 1 is 1.60 bits per heavy atom. The fourth-order valence-corrected chi connectivity index (χ4v) is 1.71. The van der Waals surface area contributed by atoms with Crippen LogP contribution in [0, 0.1) is 12.8 Å². The van der Waals surface area contributed by atoms with E-state index in [1.807, 2.05) is 0 Å². The highest BCUT2D eigenvalue weighted by Gasteiger charge is 2.14. The van der Waals surface area contributed by atoms with Crippen molar-refractivity contribution in [2.75, 3.05) is 19.6 Å². The molecule has 1 unspecified atom stereocenters. The number of hydrogen-bond acceptors (Lipinski definition) is 1. The van der Waals surface area contributed by atoms with Gasteiger partial charge in [-0.25, -0.2) is 0 Å². The Balaban J connectivity index is 2.18. The summed E-state index contributed by atoms with van der Waals surface area (Å²) in [6, 6.07) is 0. The normalized spacial score (nSPS) is 28.8. The van der Waals surface area contributed by atoms with Crippen LogP contribution < -0.4 is 0 Å². The van der Waals surface area contributed by atoms with Gasteiger partial charge in [0.1, 0.15) is 0 Å². The molecule has 1 aliphatic heterocycles. The number of likely N-dealkylation sites (tertiary alicyclic amines) is 1. The third-order valence-corrected chi connectivity index (χ3v) is 2.22. The summed E-state index contributed by atoms with van der Waals surface area (Å²) in [6.45, 7) is 10.0. The van der Waals surface area contributed by atoms with E-state index < -0.39 is 0 Å². The summed E-state index contributed by atoms with van der Waals surface area (Å²) in [5.74, 6) is 0.917. The number of piperidine rings is 1. The molecule has 1 heterocycles. The molecule has 0 aliphatic carbocycles. The molecule has 1 radical (unpaired) electrons. The van der Waals surface area contributed by atoms with Crippen molar-refractivity contribution in [3.05, 3.63) is 6.92 Å². The predicted molar refractivity (Wildman–Crippen MR) is 44.8 cm³/mol. The molecule has 59 valence electrons. The fraction of sp³-hybridized carbons (Fsp3) is 0.889. The highest BCUT2D eigenvalue weighted by atomic mass is 15.1. The van der Waals surface area contributed by atoms with Crippen LogP contribution in [0.2, 0.25) is 0 Å². The van der Waals surface area contributed by atoms with E-state index in [1.165, 1.54) is 32.5 Å². The van der Waals surface area contributed by atoms with E-state index in [-0.39, 0.29) is 0 Å². The van der Waals surface area contributed by atoms with Crippen molar-refractivity contribution in [3.8, 4) is 0 Å². The molecule has 0 spiro atoms. The van der Waals surface area contributed by atoms with Gasteiger partial charge in [0.15, 0.2) is 0 Å². The molecule has 1 fully saturated rings. The minimum atomic E-state index is 0.917. The summed E-state index contributed by atoms with van der Waals surface area (Å²) in [5.41, 5.74) is 0. The minimum absolute atomic E-state index is 0.917. The summed E-state index contributed by atoms with van der Waals surface area (Å²) < 4.78 is 0. The first-order valence-corrected chi connectivity index (χ1v) is 4.34. The van der Waals surface area contributed by atoms with Crippen LogP contribution >= 0.6 is 0 Å².